The minimum atomic E-state index is -3.77. The maximum Gasteiger partial charge on any atom is 0.243 e. The van der Waals surface area contributed by atoms with Crippen LogP contribution in [-0.4, -0.2) is 51.4 Å². The number of piperidine rings is 1. The molecule has 1 aliphatic rings. The number of sulfone groups is 1. The third-order valence-corrected chi connectivity index (χ3v) is 10.3. The van der Waals surface area contributed by atoms with Crippen LogP contribution in [0.1, 0.15) is 12.8 Å². The molecule has 0 atom stereocenters. The van der Waals surface area contributed by atoms with E-state index < -0.39 is 19.9 Å². The average molecular weight is 530 g/mol. The molecule has 0 spiro atoms. The van der Waals surface area contributed by atoms with Crippen molar-refractivity contribution < 1.29 is 21.6 Å². The van der Waals surface area contributed by atoms with E-state index in [9.17, 15) is 21.6 Å². The Kier molecular flexibility index (Phi) is 6.12. The SMILES string of the molecule is CS(=O)(=O)c1ccc(S(=O)(=O)N2CCC(C(=O)Nc3nc4ccc5ccccc5c4s3)CC2)cc1. The molecular formula is C24H23N3O5S3. The Hall–Kier alpha value is -2.86. The minimum absolute atomic E-state index is 0.0366. The van der Waals surface area contributed by atoms with E-state index >= 15 is 0 Å². The van der Waals surface area contributed by atoms with Gasteiger partial charge in [-0.2, -0.15) is 4.31 Å². The molecule has 4 aromatic rings. The highest BCUT2D eigenvalue weighted by Crippen LogP contribution is 2.33. The van der Waals surface area contributed by atoms with Crippen molar-refractivity contribution in [2.45, 2.75) is 22.6 Å². The predicted octanol–water partition coefficient (Wildman–Crippen LogP) is 3.89. The van der Waals surface area contributed by atoms with Crippen LogP contribution in [0.2, 0.25) is 0 Å². The van der Waals surface area contributed by atoms with Gasteiger partial charge in [-0.25, -0.2) is 21.8 Å². The first-order valence-corrected chi connectivity index (χ1v) is 15.2. The van der Waals surface area contributed by atoms with Gasteiger partial charge in [0.15, 0.2) is 15.0 Å². The van der Waals surface area contributed by atoms with Crippen LogP contribution in [0.5, 0.6) is 0 Å². The Morgan fingerprint density at radius 1 is 0.943 bits per heavy atom. The molecule has 1 fully saturated rings. The van der Waals surface area contributed by atoms with Gasteiger partial charge in [-0.3, -0.25) is 4.79 Å². The van der Waals surface area contributed by atoms with Crippen molar-refractivity contribution in [3.8, 4) is 0 Å². The molecule has 1 amide bonds. The van der Waals surface area contributed by atoms with Crippen LogP contribution in [0.15, 0.2) is 70.5 Å². The summed E-state index contributed by atoms with van der Waals surface area (Å²) in [6, 6.07) is 17.2. The molecule has 1 aromatic heterocycles. The van der Waals surface area contributed by atoms with Crippen molar-refractivity contribution in [1.29, 1.82) is 0 Å². The predicted molar refractivity (Wildman–Crippen MR) is 137 cm³/mol. The van der Waals surface area contributed by atoms with Crippen molar-refractivity contribution in [2.24, 2.45) is 5.92 Å². The third-order valence-electron chi connectivity index (χ3n) is 6.22. The van der Waals surface area contributed by atoms with Crippen molar-refractivity contribution in [2.75, 3.05) is 24.7 Å². The number of anilines is 1. The second-order valence-corrected chi connectivity index (χ2v) is 13.5. The lowest BCUT2D eigenvalue weighted by Gasteiger charge is -2.30. The molecular weight excluding hydrogens is 506 g/mol. The molecule has 0 radical (unpaired) electrons. The van der Waals surface area contributed by atoms with Crippen molar-refractivity contribution in [3.05, 3.63) is 60.7 Å². The molecule has 0 saturated carbocycles. The summed E-state index contributed by atoms with van der Waals surface area (Å²) in [4.78, 5) is 17.6. The molecule has 8 nitrogen and oxygen atoms in total. The fourth-order valence-corrected chi connectivity index (χ4v) is 7.39. The number of benzene rings is 3. The minimum Gasteiger partial charge on any atom is -0.302 e. The van der Waals surface area contributed by atoms with Gasteiger partial charge in [-0.05, 0) is 48.6 Å². The van der Waals surface area contributed by atoms with Crippen LogP contribution in [0.4, 0.5) is 5.13 Å². The largest absolute Gasteiger partial charge is 0.302 e. The lowest BCUT2D eigenvalue weighted by atomic mass is 9.97. The number of amides is 1. The first kappa shape index (κ1) is 23.9. The van der Waals surface area contributed by atoms with E-state index in [-0.39, 0.29) is 34.7 Å². The Balaban J connectivity index is 1.25. The second kappa shape index (κ2) is 8.98. The first-order chi connectivity index (χ1) is 16.6. The van der Waals surface area contributed by atoms with Crippen LogP contribution in [0, 0.1) is 5.92 Å². The zero-order chi connectivity index (χ0) is 24.8. The molecule has 0 unspecified atom stereocenters. The number of carbonyl (C=O) groups is 1. The summed E-state index contributed by atoms with van der Waals surface area (Å²) in [6.07, 6.45) is 1.85. The number of thiazole rings is 1. The van der Waals surface area contributed by atoms with Crippen molar-refractivity contribution >= 4 is 63.2 Å². The molecule has 2 heterocycles. The van der Waals surface area contributed by atoms with Crippen LogP contribution in [0.25, 0.3) is 21.0 Å². The highest BCUT2D eigenvalue weighted by Gasteiger charge is 2.32. The van der Waals surface area contributed by atoms with Gasteiger partial charge in [0.05, 0.1) is 20.0 Å². The smallest absolute Gasteiger partial charge is 0.243 e. The molecule has 1 aliphatic heterocycles. The summed E-state index contributed by atoms with van der Waals surface area (Å²) in [5.74, 6) is -0.485. The number of hydrogen-bond acceptors (Lipinski definition) is 7. The van der Waals surface area contributed by atoms with Crippen molar-refractivity contribution in [1.82, 2.24) is 9.29 Å². The molecule has 35 heavy (non-hydrogen) atoms. The third kappa shape index (κ3) is 4.68. The van der Waals surface area contributed by atoms with E-state index in [2.05, 4.69) is 10.3 Å². The molecule has 5 rings (SSSR count). The fourth-order valence-electron chi connectivity index (χ4n) is 4.28. The first-order valence-electron chi connectivity index (χ1n) is 11.0. The van der Waals surface area contributed by atoms with E-state index in [1.54, 1.807) is 0 Å². The molecule has 11 heteroatoms. The number of nitrogens with one attached hydrogen (secondary N) is 1. The van der Waals surface area contributed by atoms with Gasteiger partial charge in [0.2, 0.25) is 15.9 Å². The standard InChI is InChI=1S/C24H23N3O5S3/c1-34(29,30)18-7-9-19(10-8-18)35(31,32)27-14-12-17(13-15-27)23(28)26-24-25-21-11-6-16-4-2-3-5-20(16)22(21)33-24/h2-11,17H,12-15H2,1H3,(H,25,26,28). The summed E-state index contributed by atoms with van der Waals surface area (Å²) in [6.45, 7) is 0.414. The van der Waals surface area contributed by atoms with E-state index in [1.807, 2.05) is 36.4 Å². The van der Waals surface area contributed by atoms with Crippen LogP contribution in [-0.2, 0) is 24.7 Å². The van der Waals surface area contributed by atoms with Gasteiger partial charge in [-0.15, -0.1) is 0 Å². The Labute approximate surface area is 207 Å². The zero-order valence-corrected chi connectivity index (χ0v) is 21.3. The van der Waals surface area contributed by atoms with E-state index in [4.69, 9.17) is 0 Å². The average Bonchev–Trinajstić information content (AvgIpc) is 3.26. The maximum absolute atomic E-state index is 13.0. The fraction of sp³-hybridized carbons (Fsp3) is 0.250. The summed E-state index contributed by atoms with van der Waals surface area (Å²) in [5.41, 5.74) is 0.826. The number of fused-ring (bicyclic) bond motifs is 3. The van der Waals surface area contributed by atoms with Gasteiger partial charge < -0.3 is 5.32 Å². The van der Waals surface area contributed by atoms with Gasteiger partial charge >= 0.3 is 0 Å². The van der Waals surface area contributed by atoms with E-state index in [1.165, 1.54) is 39.9 Å². The highest BCUT2D eigenvalue weighted by molar-refractivity contribution is 7.90. The topological polar surface area (TPSA) is 114 Å². The summed E-state index contributed by atoms with van der Waals surface area (Å²) in [7, 11) is -7.18. The quantitative estimate of drug-likeness (QED) is 0.420. The lowest BCUT2D eigenvalue weighted by Crippen LogP contribution is -2.41. The van der Waals surface area contributed by atoms with E-state index in [0.717, 1.165) is 27.2 Å². The molecule has 1 saturated heterocycles. The Morgan fingerprint density at radius 3 is 2.29 bits per heavy atom. The van der Waals surface area contributed by atoms with Crippen molar-refractivity contribution in [3.63, 3.8) is 0 Å². The van der Waals surface area contributed by atoms with Crippen LogP contribution >= 0.6 is 11.3 Å². The number of nitrogens with zero attached hydrogens (tertiary/aromatic N) is 2. The molecule has 3 aromatic carbocycles. The maximum atomic E-state index is 13.0. The number of aromatic nitrogens is 1. The number of rotatable bonds is 5. The number of sulfonamides is 1. The molecule has 182 valence electrons. The number of carbonyl (C=O) groups excluding carboxylic acids is 1. The van der Waals surface area contributed by atoms with Gasteiger partial charge in [-0.1, -0.05) is 41.7 Å². The Bertz CT molecular complexity index is 1640. The van der Waals surface area contributed by atoms with Crippen LogP contribution in [0.3, 0.4) is 0 Å². The lowest BCUT2D eigenvalue weighted by molar-refractivity contribution is -0.120. The monoisotopic (exact) mass is 529 g/mol. The summed E-state index contributed by atoms with van der Waals surface area (Å²) < 4.78 is 51.6. The van der Waals surface area contributed by atoms with Gasteiger partial charge in [0.1, 0.15) is 0 Å². The highest BCUT2D eigenvalue weighted by atomic mass is 32.2. The zero-order valence-electron chi connectivity index (χ0n) is 18.8. The van der Waals surface area contributed by atoms with Crippen LogP contribution < -0.4 is 5.32 Å². The summed E-state index contributed by atoms with van der Waals surface area (Å²) in [5, 5.41) is 5.65. The second-order valence-electron chi connectivity index (χ2n) is 8.57. The van der Waals surface area contributed by atoms with Gasteiger partial charge in [0.25, 0.3) is 0 Å². The van der Waals surface area contributed by atoms with Gasteiger partial charge in [0, 0.05) is 30.6 Å². The van der Waals surface area contributed by atoms with E-state index in [0.29, 0.717) is 18.0 Å². The summed E-state index contributed by atoms with van der Waals surface area (Å²) >= 11 is 1.43. The number of hydrogen-bond donors (Lipinski definition) is 1. The molecule has 0 bridgehead atoms. The molecule has 1 N–H and O–H groups in total. The Morgan fingerprint density at radius 2 is 1.60 bits per heavy atom. The molecule has 0 aliphatic carbocycles. The normalized spacial score (nSPS) is 16.0.